The number of hydrogen-bond donors (Lipinski definition) is 2. The quantitative estimate of drug-likeness (QED) is 0.779. The fourth-order valence-corrected chi connectivity index (χ4v) is 3.68. The zero-order valence-electron chi connectivity index (χ0n) is 10.5. The maximum atomic E-state index is 12.2. The predicted molar refractivity (Wildman–Crippen MR) is 87.6 cm³/mol. The lowest BCUT2D eigenvalue weighted by Crippen LogP contribution is -2.18. The Labute approximate surface area is 138 Å². The zero-order chi connectivity index (χ0) is 15.6. The van der Waals surface area contributed by atoms with E-state index in [0.29, 0.717) is 5.56 Å². The number of carbonyl (C=O) groups is 1. The first-order valence-corrected chi connectivity index (χ1v) is 8.80. The third-order valence-corrected chi connectivity index (χ3v) is 4.45. The van der Waals surface area contributed by atoms with E-state index in [2.05, 4.69) is 37.2 Å². The van der Waals surface area contributed by atoms with Crippen LogP contribution in [-0.2, 0) is 10.0 Å². The molecule has 0 radical (unpaired) electrons. The van der Waals surface area contributed by atoms with Gasteiger partial charge in [-0.15, -0.1) is 0 Å². The molecule has 0 aromatic heterocycles. The molecule has 2 aromatic rings. The van der Waals surface area contributed by atoms with Crippen LogP contribution in [0.4, 0.5) is 5.69 Å². The number of para-hydroxylation sites is 1. The highest BCUT2D eigenvalue weighted by Crippen LogP contribution is 2.23. The summed E-state index contributed by atoms with van der Waals surface area (Å²) in [6.07, 6.45) is 0. The van der Waals surface area contributed by atoms with Gasteiger partial charge in [-0.25, -0.2) is 13.6 Å². The molecule has 0 atom stereocenters. The monoisotopic (exact) mass is 432 g/mol. The molecule has 0 aliphatic heterocycles. The molecule has 0 bridgehead atoms. The normalized spacial score (nSPS) is 11.2. The van der Waals surface area contributed by atoms with Gasteiger partial charge in [-0.3, -0.25) is 4.79 Å². The molecular formula is C13H10Br2N2O3S. The van der Waals surface area contributed by atoms with Crippen LogP contribution in [0.1, 0.15) is 10.4 Å². The number of nitrogens with one attached hydrogen (secondary N) is 1. The van der Waals surface area contributed by atoms with Crippen LogP contribution in [0.2, 0.25) is 0 Å². The van der Waals surface area contributed by atoms with Crippen molar-refractivity contribution < 1.29 is 13.2 Å². The summed E-state index contributed by atoms with van der Waals surface area (Å²) in [5.74, 6) is -0.437. The lowest BCUT2D eigenvalue weighted by Gasteiger charge is -2.10. The highest BCUT2D eigenvalue weighted by molar-refractivity contribution is 9.11. The molecule has 110 valence electrons. The second kappa shape index (κ2) is 6.27. The largest absolute Gasteiger partial charge is 0.321 e. The van der Waals surface area contributed by atoms with Crippen molar-refractivity contribution in [3.63, 3.8) is 0 Å². The van der Waals surface area contributed by atoms with Gasteiger partial charge in [0.2, 0.25) is 10.0 Å². The first-order valence-electron chi connectivity index (χ1n) is 5.66. The van der Waals surface area contributed by atoms with E-state index in [1.165, 1.54) is 18.2 Å². The van der Waals surface area contributed by atoms with Gasteiger partial charge in [0.1, 0.15) is 4.90 Å². The molecule has 2 aromatic carbocycles. The summed E-state index contributed by atoms with van der Waals surface area (Å²) in [6.45, 7) is 0. The van der Waals surface area contributed by atoms with Crippen LogP contribution in [-0.4, -0.2) is 14.3 Å². The molecule has 0 fully saturated rings. The molecule has 2 rings (SSSR count). The minimum Gasteiger partial charge on any atom is -0.321 e. The van der Waals surface area contributed by atoms with Crippen LogP contribution in [0.25, 0.3) is 0 Å². The molecule has 0 heterocycles. The van der Waals surface area contributed by atoms with Gasteiger partial charge in [0.15, 0.2) is 0 Å². The van der Waals surface area contributed by atoms with Crippen molar-refractivity contribution in [1.82, 2.24) is 0 Å². The van der Waals surface area contributed by atoms with E-state index in [0.717, 1.165) is 8.95 Å². The average molecular weight is 434 g/mol. The van der Waals surface area contributed by atoms with Crippen molar-refractivity contribution in [2.75, 3.05) is 5.32 Å². The minimum absolute atomic E-state index is 0.132. The Kier molecular flexibility index (Phi) is 4.82. The van der Waals surface area contributed by atoms with Crippen molar-refractivity contribution in [2.45, 2.75) is 4.90 Å². The third-order valence-electron chi connectivity index (χ3n) is 2.57. The van der Waals surface area contributed by atoms with Crippen LogP contribution >= 0.6 is 31.9 Å². The number of nitrogens with two attached hydrogens (primary N) is 1. The Balaban J connectivity index is 2.37. The van der Waals surface area contributed by atoms with Crippen LogP contribution < -0.4 is 10.5 Å². The molecule has 21 heavy (non-hydrogen) atoms. The summed E-state index contributed by atoms with van der Waals surface area (Å²) in [5, 5.41) is 7.67. The Bertz CT molecular complexity index is 787. The van der Waals surface area contributed by atoms with Gasteiger partial charge in [-0.2, -0.15) is 0 Å². The van der Waals surface area contributed by atoms with Crippen molar-refractivity contribution in [3.8, 4) is 0 Å². The molecule has 1 amide bonds. The number of primary sulfonamides is 1. The number of anilines is 1. The first kappa shape index (κ1) is 16.2. The maximum absolute atomic E-state index is 12.2. The van der Waals surface area contributed by atoms with E-state index in [-0.39, 0.29) is 10.6 Å². The Morgan fingerprint density at radius 2 is 1.62 bits per heavy atom. The summed E-state index contributed by atoms with van der Waals surface area (Å²) in [7, 11) is -3.91. The molecule has 0 saturated heterocycles. The van der Waals surface area contributed by atoms with Crippen molar-refractivity contribution in [3.05, 3.63) is 57.0 Å². The van der Waals surface area contributed by atoms with Gasteiger partial charge in [0.05, 0.1) is 5.69 Å². The molecule has 5 nitrogen and oxygen atoms in total. The van der Waals surface area contributed by atoms with E-state index in [1.807, 2.05) is 0 Å². The molecule has 0 aliphatic rings. The number of halogens is 2. The lowest BCUT2D eigenvalue weighted by atomic mass is 10.2. The summed E-state index contributed by atoms with van der Waals surface area (Å²) in [4.78, 5) is 12.1. The summed E-state index contributed by atoms with van der Waals surface area (Å²) < 4.78 is 24.4. The third kappa shape index (κ3) is 4.13. The average Bonchev–Trinajstić information content (AvgIpc) is 2.37. The first-order chi connectivity index (χ1) is 9.77. The Morgan fingerprint density at radius 3 is 2.19 bits per heavy atom. The number of hydrogen-bond acceptors (Lipinski definition) is 3. The van der Waals surface area contributed by atoms with Crippen LogP contribution in [0, 0.1) is 0 Å². The second-order valence-corrected chi connectivity index (χ2v) is 7.51. The van der Waals surface area contributed by atoms with E-state index in [1.54, 1.807) is 24.3 Å². The van der Waals surface area contributed by atoms with Gasteiger partial charge in [-0.1, -0.05) is 44.0 Å². The minimum atomic E-state index is -3.91. The van der Waals surface area contributed by atoms with Crippen LogP contribution in [0.3, 0.4) is 0 Å². The molecular weight excluding hydrogens is 424 g/mol. The SMILES string of the molecule is NS(=O)(=O)c1ccccc1NC(=O)c1cc(Br)cc(Br)c1. The van der Waals surface area contributed by atoms with Gasteiger partial charge in [0.25, 0.3) is 5.91 Å². The van der Waals surface area contributed by atoms with E-state index in [9.17, 15) is 13.2 Å². The number of benzene rings is 2. The fraction of sp³-hybridized carbons (Fsp3) is 0. The van der Waals surface area contributed by atoms with Gasteiger partial charge in [0, 0.05) is 14.5 Å². The topological polar surface area (TPSA) is 89.3 Å². The van der Waals surface area contributed by atoms with Crippen LogP contribution in [0.15, 0.2) is 56.3 Å². The highest BCUT2D eigenvalue weighted by Gasteiger charge is 2.16. The van der Waals surface area contributed by atoms with Crippen LogP contribution in [0.5, 0.6) is 0 Å². The number of amides is 1. The van der Waals surface area contributed by atoms with E-state index < -0.39 is 15.9 Å². The number of carbonyl (C=O) groups excluding carboxylic acids is 1. The number of rotatable bonds is 3. The van der Waals surface area contributed by atoms with Gasteiger partial charge < -0.3 is 5.32 Å². The molecule has 0 aliphatic carbocycles. The van der Waals surface area contributed by atoms with Crippen molar-refractivity contribution in [2.24, 2.45) is 5.14 Å². The molecule has 0 saturated carbocycles. The van der Waals surface area contributed by atoms with Gasteiger partial charge >= 0.3 is 0 Å². The van der Waals surface area contributed by atoms with E-state index >= 15 is 0 Å². The Morgan fingerprint density at radius 1 is 1.05 bits per heavy atom. The summed E-state index contributed by atoms with van der Waals surface area (Å²) in [6, 6.07) is 11.0. The zero-order valence-corrected chi connectivity index (χ0v) is 14.5. The molecule has 8 heteroatoms. The maximum Gasteiger partial charge on any atom is 0.255 e. The van der Waals surface area contributed by atoms with E-state index in [4.69, 9.17) is 5.14 Å². The van der Waals surface area contributed by atoms with Crippen molar-refractivity contribution >= 4 is 53.5 Å². The summed E-state index contributed by atoms with van der Waals surface area (Å²) in [5.41, 5.74) is 0.515. The Hall–Kier alpha value is -1.22. The van der Waals surface area contributed by atoms with Crippen molar-refractivity contribution in [1.29, 1.82) is 0 Å². The van der Waals surface area contributed by atoms with Gasteiger partial charge in [-0.05, 0) is 30.3 Å². The standard InChI is InChI=1S/C13H10Br2N2O3S/c14-9-5-8(6-10(15)7-9)13(18)17-11-3-1-2-4-12(11)21(16,19)20/h1-7H,(H,17,18)(H2,16,19,20). The molecule has 0 unspecified atom stereocenters. The smallest absolute Gasteiger partial charge is 0.255 e. The predicted octanol–water partition coefficient (Wildman–Crippen LogP) is 3.11. The highest BCUT2D eigenvalue weighted by atomic mass is 79.9. The molecule has 3 N–H and O–H groups in total. The number of sulfonamides is 1. The lowest BCUT2D eigenvalue weighted by molar-refractivity contribution is 0.102. The second-order valence-electron chi connectivity index (χ2n) is 4.15. The fourth-order valence-electron chi connectivity index (χ4n) is 1.70. The molecule has 0 spiro atoms. The summed E-state index contributed by atoms with van der Waals surface area (Å²) >= 11 is 6.57.